The summed E-state index contributed by atoms with van der Waals surface area (Å²) in [5, 5.41) is 13.6. The van der Waals surface area contributed by atoms with Gasteiger partial charge in [-0.1, -0.05) is 0 Å². The van der Waals surface area contributed by atoms with Crippen LogP contribution in [0.1, 0.15) is 25.1 Å². The molecule has 2 aliphatic rings. The van der Waals surface area contributed by atoms with Crippen LogP contribution >= 0.6 is 0 Å². The Balaban J connectivity index is 1.83. The van der Waals surface area contributed by atoms with Crippen LogP contribution in [-0.2, 0) is 0 Å². The van der Waals surface area contributed by atoms with E-state index in [0.29, 0.717) is 16.8 Å². The minimum atomic E-state index is -0.308. The largest absolute Gasteiger partial charge is 0.352 e. The zero-order valence-corrected chi connectivity index (χ0v) is 19.6. The average molecular weight is 463 g/mol. The van der Waals surface area contributed by atoms with Crippen molar-refractivity contribution in [2.75, 3.05) is 5.32 Å². The van der Waals surface area contributed by atoms with Crippen LogP contribution in [0.4, 0.5) is 15.8 Å². The maximum Gasteiger partial charge on any atom is 0.123 e. The molecule has 0 amide bonds. The number of benzene rings is 3. The van der Waals surface area contributed by atoms with Crippen molar-refractivity contribution in [2.45, 2.75) is 26.8 Å². The summed E-state index contributed by atoms with van der Waals surface area (Å²) in [6.07, 6.45) is 1.78. The van der Waals surface area contributed by atoms with Gasteiger partial charge in [0.05, 0.1) is 57.0 Å². The van der Waals surface area contributed by atoms with Crippen LogP contribution in [-0.4, -0.2) is 20.6 Å². The van der Waals surface area contributed by atoms with E-state index in [1.165, 1.54) is 12.1 Å². The van der Waals surface area contributed by atoms with Crippen molar-refractivity contribution in [3.63, 3.8) is 0 Å². The highest BCUT2D eigenvalue weighted by Crippen LogP contribution is 2.31. The summed E-state index contributed by atoms with van der Waals surface area (Å²) in [6.45, 7) is 5.99. The van der Waals surface area contributed by atoms with Gasteiger partial charge in [-0.3, -0.25) is 9.98 Å². The minimum Gasteiger partial charge on any atom is -0.352 e. The van der Waals surface area contributed by atoms with Gasteiger partial charge in [-0.05, 0) is 87.5 Å². The molecule has 6 nitrogen and oxygen atoms in total. The topological polar surface area (TPSA) is 78.9 Å². The van der Waals surface area contributed by atoms with E-state index in [4.69, 9.17) is 9.98 Å². The average Bonchev–Trinajstić information content (AvgIpc) is 2.84. The molecule has 2 aromatic carbocycles. The summed E-state index contributed by atoms with van der Waals surface area (Å²) in [5.74, 6) is -0.308. The summed E-state index contributed by atoms with van der Waals surface area (Å²) in [4.78, 5) is 14.1. The van der Waals surface area contributed by atoms with Gasteiger partial charge in [0.15, 0.2) is 0 Å². The molecule has 0 spiro atoms. The molecule has 1 aliphatic heterocycles. The van der Waals surface area contributed by atoms with Crippen LogP contribution in [0.5, 0.6) is 0 Å². The lowest BCUT2D eigenvalue weighted by Gasteiger charge is -2.20. The second kappa shape index (κ2) is 8.99. The van der Waals surface area contributed by atoms with Gasteiger partial charge >= 0.3 is 0 Å². The third-order valence-electron chi connectivity index (χ3n) is 5.59. The first-order chi connectivity index (χ1) is 16.9. The Morgan fingerprint density at radius 3 is 2.51 bits per heavy atom. The second-order valence-corrected chi connectivity index (χ2v) is 8.63. The van der Waals surface area contributed by atoms with E-state index in [-0.39, 0.29) is 11.9 Å². The minimum absolute atomic E-state index is 0.0648. The zero-order chi connectivity index (χ0) is 24.5. The van der Waals surface area contributed by atoms with Crippen LogP contribution in [0, 0.1) is 24.1 Å². The predicted molar refractivity (Wildman–Crippen MR) is 135 cm³/mol. The summed E-state index contributed by atoms with van der Waals surface area (Å²) in [5.41, 5.74) is 6.88. The van der Waals surface area contributed by atoms with E-state index in [1.807, 2.05) is 55.7 Å². The molecule has 1 N–H and O–H groups in total. The van der Waals surface area contributed by atoms with Gasteiger partial charge in [-0.25, -0.2) is 9.37 Å². The number of anilines is 2. The number of fused-ring (bicyclic) bond motifs is 2. The van der Waals surface area contributed by atoms with E-state index in [1.54, 1.807) is 30.5 Å². The maximum absolute atomic E-state index is 13.7. The van der Waals surface area contributed by atoms with Gasteiger partial charge in [0.25, 0.3) is 0 Å². The first kappa shape index (κ1) is 22.2. The molecule has 0 radical (unpaired) electrons. The molecule has 0 unspecified atom stereocenters. The Kier molecular flexibility index (Phi) is 5.71. The number of nitriles is 1. The molecule has 172 valence electrons. The molecule has 7 heteroatoms. The Bertz CT molecular complexity index is 1610. The fourth-order valence-electron chi connectivity index (χ4n) is 4.02. The molecular formula is C28H23FN6. The number of nitrogens with zero attached hydrogens (tertiary/aromatic N) is 5. The van der Waals surface area contributed by atoms with Gasteiger partial charge in [0.1, 0.15) is 5.82 Å². The molecule has 0 bridgehead atoms. The fraction of sp³-hybridized carbons (Fsp3) is 0.143. The number of aryl methyl sites for hydroxylation is 1. The molecule has 0 saturated carbocycles. The van der Waals surface area contributed by atoms with Crippen molar-refractivity contribution in [1.82, 2.24) is 14.5 Å². The highest BCUT2D eigenvalue weighted by molar-refractivity contribution is 5.85. The lowest BCUT2D eigenvalue weighted by atomic mass is 10.1. The van der Waals surface area contributed by atoms with Crippen molar-refractivity contribution in [1.29, 1.82) is 5.26 Å². The number of hydrogen-bond donors (Lipinski definition) is 1. The summed E-state index contributed by atoms with van der Waals surface area (Å²) >= 11 is 0. The maximum atomic E-state index is 13.7. The van der Waals surface area contributed by atoms with Gasteiger partial charge in [-0.15, -0.1) is 0 Å². The van der Waals surface area contributed by atoms with Crippen molar-refractivity contribution in [2.24, 2.45) is 4.99 Å². The monoisotopic (exact) mass is 462 g/mol. The van der Waals surface area contributed by atoms with E-state index in [0.717, 1.165) is 39.3 Å². The molecule has 0 atom stereocenters. The SMILES string of the molecule is Cc1ccc(Nc2cc3nc4cc(C#N)ccc4n(-c4ccc(F)cc4)c-3c/c2=N\C(C)C)cn1. The Hall–Kier alpha value is -4.57. The Morgan fingerprint density at radius 1 is 1.03 bits per heavy atom. The van der Waals surface area contributed by atoms with Gasteiger partial charge in [0, 0.05) is 17.4 Å². The molecular weight excluding hydrogens is 439 g/mol. The van der Waals surface area contributed by atoms with Crippen molar-refractivity contribution >= 4 is 22.4 Å². The highest BCUT2D eigenvalue weighted by atomic mass is 19.1. The van der Waals surface area contributed by atoms with E-state index in [2.05, 4.69) is 16.4 Å². The lowest BCUT2D eigenvalue weighted by Crippen LogP contribution is -2.16. The quantitative estimate of drug-likeness (QED) is 0.338. The molecule has 0 fully saturated rings. The van der Waals surface area contributed by atoms with Gasteiger partial charge in [0.2, 0.25) is 0 Å². The van der Waals surface area contributed by atoms with Crippen LogP contribution in [0.15, 0.2) is 77.9 Å². The molecule has 1 aliphatic carbocycles. The molecule has 1 aromatic heterocycles. The molecule has 5 rings (SSSR count). The predicted octanol–water partition coefficient (Wildman–Crippen LogP) is 5.90. The summed E-state index contributed by atoms with van der Waals surface area (Å²) in [7, 11) is 0. The number of aromatic nitrogens is 3. The molecule has 2 heterocycles. The smallest absolute Gasteiger partial charge is 0.123 e. The highest BCUT2D eigenvalue weighted by Gasteiger charge is 2.17. The first-order valence-electron chi connectivity index (χ1n) is 11.3. The lowest BCUT2D eigenvalue weighted by molar-refractivity contribution is 0.627. The number of rotatable bonds is 4. The number of hydrogen-bond acceptors (Lipinski definition) is 5. The van der Waals surface area contributed by atoms with E-state index < -0.39 is 0 Å². The van der Waals surface area contributed by atoms with E-state index in [9.17, 15) is 9.65 Å². The summed E-state index contributed by atoms with van der Waals surface area (Å²) < 4.78 is 15.8. The fourth-order valence-corrected chi connectivity index (χ4v) is 4.02. The normalized spacial score (nSPS) is 11.8. The van der Waals surface area contributed by atoms with Crippen LogP contribution in [0.3, 0.4) is 0 Å². The summed E-state index contributed by atoms with van der Waals surface area (Å²) in [6, 6.07) is 21.8. The van der Waals surface area contributed by atoms with Crippen molar-refractivity contribution in [3.05, 3.63) is 95.4 Å². The zero-order valence-electron chi connectivity index (χ0n) is 19.6. The van der Waals surface area contributed by atoms with Crippen molar-refractivity contribution < 1.29 is 4.39 Å². The number of halogens is 1. The first-order valence-corrected chi connectivity index (χ1v) is 11.3. The Morgan fingerprint density at radius 2 is 1.83 bits per heavy atom. The Labute approximate surface area is 202 Å². The number of pyridine rings is 1. The molecule has 35 heavy (non-hydrogen) atoms. The standard InChI is InChI=1S/C28H23FN6/c1-17(2)32-24-14-28-26(13-23(24)33-21-8-4-18(3)31-16-21)34-25-12-19(15-30)5-11-27(25)35(28)22-9-6-20(29)7-10-22/h4-14,16-17,33H,1-3H3/b32-24+. The van der Waals surface area contributed by atoms with Crippen molar-refractivity contribution in [3.8, 4) is 23.1 Å². The number of nitrogens with one attached hydrogen (secondary N) is 1. The van der Waals surface area contributed by atoms with Crippen LogP contribution in [0.2, 0.25) is 0 Å². The third kappa shape index (κ3) is 4.46. The molecule has 3 aromatic rings. The van der Waals surface area contributed by atoms with Crippen LogP contribution < -0.4 is 10.7 Å². The van der Waals surface area contributed by atoms with Gasteiger partial charge < -0.3 is 9.88 Å². The van der Waals surface area contributed by atoms with Crippen LogP contribution in [0.25, 0.3) is 28.1 Å². The van der Waals surface area contributed by atoms with Gasteiger partial charge in [-0.2, -0.15) is 5.26 Å². The van der Waals surface area contributed by atoms with E-state index >= 15 is 0 Å². The second-order valence-electron chi connectivity index (χ2n) is 8.63. The third-order valence-corrected chi connectivity index (χ3v) is 5.59. The molecule has 0 saturated heterocycles.